The first-order chi connectivity index (χ1) is 11.7. The summed E-state index contributed by atoms with van der Waals surface area (Å²) in [6.45, 7) is 9.64. The van der Waals surface area contributed by atoms with Crippen molar-refractivity contribution in [1.82, 2.24) is 10.3 Å². The molecule has 0 aliphatic carbocycles. The first kappa shape index (κ1) is 19.0. The van der Waals surface area contributed by atoms with Gasteiger partial charge in [0.2, 0.25) is 5.91 Å². The van der Waals surface area contributed by atoms with Crippen LogP contribution in [-0.4, -0.2) is 16.4 Å². The zero-order valence-corrected chi connectivity index (χ0v) is 16.1. The van der Waals surface area contributed by atoms with E-state index in [1.54, 1.807) is 0 Å². The Morgan fingerprint density at radius 2 is 1.88 bits per heavy atom. The van der Waals surface area contributed by atoms with Gasteiger partial charge in [0.15, 0.2) is 0 Å². The Labute approximate surface area is 153 Å². The fraction of sp³-hybridized carbons (Fsp3) is 0.350. The second-order valence-corrected chi connectivity index (χ2v) is 8.11. The average molecular weight is 353 g/mol. The van der Waals surface area contributed by atoms with E-state index in [9.17, 15) is 10.1 Å². The molecule has 0 fully saturated rings. The predicted octanol–water partition coefficient (Wildman–Crippen LogP) is 4.32. The van der Waals surface area contributed by atoms with Crippen LogP contribution in [0.5, 0.6) is 0 Å². The van der Waals surface area contributed by atoms with E-state index in [0.29, 0.717) is 10.6 Å². The number of carbonyl (C=O) groups is 1. The Morgan fingerprint density at radius 3 is 2.44 bits per heavy atom. The Morgan fingerprint density at radius 1 is 1.24 bits per heavy atom. The summed E-state index contributed by atoms with van der Waals surface area (Å²) >= 11 is 1.32. The fourth-order valence-corrected chi connectivity index (χ4v) is 3.67. The molecule has 1 heterocycles. The third kappa shape index (κ3) is 5.07. The van der Waals surface area contributed by atoms with E-state index in [4.69, 9.17) is 0 Å². The summed E-state index contributed by atoms with van der Waals surface area (Å²) in [6.07, 6.45) is 0. The van der Waals surface area contributed by atoms with E-state index in [0.717, 1.165) is 16.8 Å². The first-order valence-corrected chi connectivity index (χ1v) is 9.01. The minimum absolute atomic E-state index is 0.0893. The van der Waals surface area contributed by atoms with Crippen molar-refractivity contribution in [3.05, 3.63) is 58.8 Å². The van der Waals surface area contributed by atoms with Gasteiger partial charge >= 0.3 is 0 Å². The van der Waals surface area contributed by atoms with Gasteiger partial charge in [0, 0.05) is 11.2 Å². The molecule has 1 aromatic heterocycles. The average Bonchev–Trinajstić information content (AvgIpc) is 2.51. The second kappa shape index (κ2) is 7.71. The van der Waals surface area contributed by atoms with Crippen LogP contribution in [0.2, 0.25) is 0 Å². The van der Waals surface area contributed by atoms with Crippen LogP contribution in [0.25, 0.3) is 0 Å². The molecule has 0 saturated carbocycles. The number of hydrogen-bond donors (Lipinski definition) is 1. The lowest BCUT2D eigenvalue weighted by molar-refractivity contribution is -0.122. The maximum Gasteiger partial charge on any atom is 0.238 e. The monoisotopic (exact) mass is 353 g/mol. The smallest absolute Gasteiger partial charge is 0.238 e. The number of aromatic nitrogens is 1. The zero-order chi connectivity index (χ0) is 18.6. The number of nitriles is 1. The van der Waals surface area contributed by atoms with E-state index in [-0.39, 0.29) is 11.4 Å². The van der Waals surface area contributed by atoms with Crippen molar-refractivity contribution in [1.29, 1.82) is 5.26 Å². The number of thioether (sulfide) groups is 1. The third-order valence-electron chi connectivity index (χ3n) is 3.49. The predicted molar refractivity (Wildman–Crippen MR) is 101 cm³/mol. The van der Waals surface area contributed by atoms with Crippen molar-refractivity contribution < 1.29 is 4.79 Å². The summed E-state index contributed by atoms with van der Waals surface area (Å²) in [5, 5.41) is 12.7. The largest absolute Gasteiger partial charge is 0.350 e. The van der Waals surface area contributed by atoms with E-state index in [1.807, 2.05) is 71.0 Å². The maximum absolute atomic E-state index is 12.9. The van der Waals surface area contributed by atoms with E-state index in [2.05, 4.69) is 16.4 Å². The molecule has 2 rings (SSSR count). The van der Waals surface area contributed by atoms with Gasteiger partial charge in [0.25, 0.3) is 0 Å². The molecule has 0 spiro atoms. The van der Waals surface area contributed by atoms with Crippen LogP contribution in [0.1, 0.15) is 48.4 Å². The topological polar surface area (TPSA) is 65.8 Å². The quantitative estimate of drug-likeness (QED) is 0.832. The Balaban J connectivity index is 2.45. The molecule has 2 aromatic rings. The van der Waals surface area contributed by atoms with Crippen molar-refractivity contribution in [3.63, 3.8) is 0 Å². The number of nitrogens with zero attached hydrogens (tertiary/aromatic N) is 2. The summed E-state index contributed by atoms with van der Waals surface area (Å²) in [5.74, 6) is -0.0893. The number of benzene rings is 1. The molecule has 1 aromatic carbocycles. The fourth-order valence-electron chi connectivity index (χ4n) is 2.47. The molecule has 0 saturated heterocycles. The Hall–Kier alpha value is -2.32. The van der Waals surface area contributed by atoms with Gasteiger partial charge in [-0.3, -0.25) is 4.79 Å². The number of nitrogens with one attached hydrogen (secondary N) is 1. The van der Waals surface area contributed by atoms with Crippen LogP contribution in [0.4, 0.5) is 0 Å². The minimum atomic E-state index is -0.471. The number of pyridine rings is 1. The van der Waals surface area contributed by atoms with Gasteiger partial charge < -0.3 is 5.32 Å². The standard InChI is InChI=1S/C20H23N3OS/c1-13-11-14(2)22-19(16(13)12-21)25-17(15-9-7-6-8-10-15)18(24)23-20(3,4)5/h6-11,17H,1-5H3,(H,23,24)/t17-/m1/s1. The van der Waals surface area contributed by atoms with Gasteiger partial charge in [-0.15, -0.1) is 0 Å². The molecule has 5 heteroatoms. The number of carbonyl (C=O) groups excluding carboxylic acids is 1. The number of amides is 1. The number of rotatable bonds is 4. The molecule has 0 bridgehead atoms. The molecular weight excluding hydrogens is 330 g/mol. The van der Waals surface area contributed by atoms with Gasteiger partial charge in [-0.25, -0.2) is 4.98 Å². The molecule has 0 aliphatic rings. The Bertz CT molecular complexity index is 804. The van der Waals surface area contributed by atoms with Crippen LogP contribution in [0.3, 0.4) is 0 Å². The second-order valence-electron chi connectivity index (χ2n) is 7.02. The summed E-state index contributed by atoms with van der Waals surface area (Å²) in [7, 11) is 0. The Kier molecular flexibility index (Phi) is 5.86. The lowest BCUT2D eigenvalue weighted by Gasteiger charge is -2.25. The van der Waals surface area contributed by atoms with Crippen molar-refractivity contribution in [2.75, 3.05) is 0 Å². The number of hydrogen-bond acceptors (Lipinski definition) is 4. The molecule has 0 unspecified atom stereocenters. The van der Waals surface area contributed by atoms with Crippen LogP contribution in [0.15, 0.2) is 41.4 Å². The van der Waals surface area contributed by atoms with Gasteiger partial charge in [0.05, 0.1) is 5.56 Å². The highest BCUT2D eigenvalue weighted by atomic mass is 32.2. The highest BCUT2D eigenvalue weighted by Crippen LogP contribution is 2.37. The van der Waals surface area contributed by atoms with Crippen molar-refractivity contribution in [2.45, 2.75) is 50.4 Å². The van der Waals surface area contributed by atoms with Crippen LogP contribution >= 0.6 is 11.8 Å². The van der Waals surface area contributed by atoms with Crippen molar-refractivity contribution in [2.24, 2.45) is 0 Å². The molecular formula is C20H23N3OS. The van der Waals surface area contributed by atoms with Crippen LogP contribution in [-0.2, 0) is 4.79 Å². The molecule has 1 atom stereocenters. The highest BCUT2D eigenvalue weighted by molar-refractivity contribution is 8.00. The van der Waals surface area contributed by atoms with E-state index >= 15 is 0 Å². The maximum atomic E-state index is 12.9. The van der Waals surface area contributed by atoms with Crippen molar-refractivity contribution in [3.8, 4) is 6.07 Å². The van der Waals surface area contributed by atoms with E-state index < -0.39 is 5.25 Å². The van der Waals surface area contributed by atoms with Crippen LogP contribution in [0, 0.1) is 25.2 Å². The molecule has 130 valence electrons. The minimum Gasteiger partial charge on any atom is -0.350 e. The zero-order valence-electron chi connectivity index (χ0n) is 15.3. The lowest BCUT2D eigenvalue weighted by atomic mass is 10.1. The summed E-state index contributed by atoms with van der Waals surface area (Å²) in [6, 6.07) is 13.7. The van der Waals surface area contributed by atoms with Gasteiger partial charge in [-0.1, -0.05) is 42.1 Å². The summed E-state index contributed by atoms with van der Waals surface area (Å²) in [4.78, 5) is 17.4. The first-order valence-electron chi connectivity index (χ1n) is 8.13. The van der Waals surface area contributed by atoms with Crippen LogP contribution < -0.4 is 5.32 Å². The van der Waals surface area contributed by atoms with Gasteiger partial charge in [-0.2, -0.15) is 5.26 Å². The SMILES string of the molecule is Cc1cc(C)c(C#N)c(S[C@@H](C(=O)NC(C)(C)C)c2ccccc2)n1. The summed E-state index contributed by atoms with van der Waals surface area (Å²) < 4.78 is 0. The molecule has 1 N–H and O–H groups in total. The lowest BCUT2D eigenvalue weighted by Crippen LogP contribution is -2.42. The van der Waals surface area contributed by atoms with Crippen molar-refractivity contribution >= 4 is 17.7 Å². The van der Waals surface area contributed by atoms with E-state index in [1.165, 1.54) is 11.8 Å². The van der Waals surface area contributed by atoms with Gasteiger partial charge in [-0.05, 0) is 51.8 Å². The highest BCUT2D eigenvalue weighted by Gasteiger charge is 2.27. The van der Waals surface area contributed by atoms with Gasteiger partial charge in [0.1, 0.15) is 16.3 Å². The summed E-state index contributed by atoms with van der Waals surface area (Å²) in [5.41, 5.74) is 2.79. The third-order valence-corrected chi connectivity index (χ3v) is 4.73. The normalized spacial score (nSPS) is 12.3. The molecule has 0 aliphatic heterocycles. The molecule has 0 radical (unpaired) electrons. The molecule has 25 heavy (non-hydrogen) atoms. The molecule has 4 nitrogen and oxygen atoms in total. The molecule has 1 amide bonds. The number of aryl methyl sites for hydroxylation is 2.